The van der Waals surface area contributed by atoms with Gasteiger partial charge in [0.15, 0.2) is 0 Å². The standard InChI is InChI=1S/C12H17NO/c1-12(2)7-9-5-4-6-10(14-3)11(9)13-8-12/h4-6,13H,7-8H2,1-3H3. The molecule has 0 radical (unpaired) electrons. The zero-order valence-electron chi connectivity index (χ0n) is 9.05. The zero-order chi connectivity index (χ0) is 10.2. The lowest BCUT2D eigenvalue weighted by atomic mass is 9.82. The summed E-state index contributed by atoms with van der Waals surface area (Å²) in [6.07, 6.45) is 1.12. The van der Waals surface area contributed by atoms with Crippen molar-refractivity contribution in [3.8, 4) is 5.75 Å². The van der Waals surface area contributed by atoms with E-state index >= 15 is 0 Å². The molecule has 0 aromatic heterocycles. The first-order valence-electron chi connectivity index (χ1n) is 5.02. The highest BCUT2D eigenvalue weighted by molar-refractivity contribution is 5.63. The Balaban J connectivity index is 2.40. The van der Waals surface area contributed by atoms with Crippen molar-refractivity contribution in [3.63, 3.8) is 0 Å². The van der Waals surface area contributed by atoms with Crippen molar-refractivity contribution >= 4 is 5.69 Å². The van der Waals surface area contributed by atoms with E-state index in [4.69, 9.17) is 4.74 Å². The fourth-order valence-corrected chi connectivity index (χ4v) is 2.00. The molecule has 2 nitrogen and oxygen atoms in total. The average molecular weight is 191 g/mol. The van der Waals surface area contributed by atoms with Crippen LogP contribution in [0.3, 0.4) is 0 Å². The molecule has 0 fully saturated rings. The van der Waals surface area contributed by atoms with E-state index in [9.17, 15) is 0 Å². The van der Waals surface area contributed by atoms with E-state index in [1.807, 2.05) is 6.07 Å². The Labute approximate surface area is 85.3 Å². The molecule has 76 valence electrons. The lowest BCUT2D eigenvalue weighted by Crippen LogP contribution is -2.30. The second-order valence-corrected chi connectivity index (χ2v) is 4.69. The van der Waals surface area contributed by atoms with Crippen molar-refractivity contribution in [1.82, 2.24) is 0 Å². The highest BCUT2D eigenvalue weighted by Crippen LogP contribution is 2.37. The van der Waals surface area contributed by atoms with Gasteiger partial charge in [-0.15, -0.1) is 0 Å². The molecule has 0 saturated carbocycles. The predicted octanol–water partition coefficient (Wildman–Crippen LogP) is 2.69. The van der Waals surface area contributed by atoms with Gasteiger partial charge in [0.1, 0.15) is 5.75 Å². The number of ether oxygens (including phenoxy) is 1. The second kappa shape index (κ2) is 3.19. The third-order valence-electron chi connectivity index (χ3n) is 2.75. The Morgan fingerprint density at radius 3 is 2.86 bits per heavy atom. The average Bonchev–Trinajstić information content (AvgIpc) is 2.15. The van der Waals surface area contributed by atoms with E-state index in [0.717, 1.165) is 18.7 Å². The molecule has 0 amide bonds. The van der Waals surface area contributed by atoms with Crippen molar-refractivity contribution in [1.29, 1.82) is 0 Å². The van der Waals surface area contributed by atoms with Gasteiger partial charge in [-0.05, 0) is 23.5 Å². The van der Waals surface area contributed by atoms with Gasteiger partial charge in [-0.2, -0.15) is 0 Å². The summed E-state index contributed by atoms with van der Waals surface area (Å²) in [5, 5.41) is 3.45. The number of nitrogens with one attached hydrogen (secondary N) is 1. The number of benzene rings is 1. The molecule has 1 heterocycles. The normalized spacial score (nSPS) is 18.2. The molecule has 14 heavy (non-hydrogen) atoms. The molecule has 0 atom stereocenters. The Morgan fingerprint density at radius 2 is 2.14 bits per heavy atom. The Morgan fingerprint density at radius 1 is 1.36 bits per heavy atom. The molecule has 1 aliphatic rings. The topological polar surface area (TPSA) is 21.3 Å². The van der Waals surface area contributed by atoms with Gasteiger partial charge in [0.2, 0.25) is 0 Å². The third kappa shape index (κ3) is 1.57. The van der Waals surface area contributed by atoms with Crippen molar-refractivity contribution in [2.24, 2.45) is 5.41 Å². The van der Waals surface area contributed by atoms with E-state index in [1.165, 1.54) is 11.3 Å². The van der Waals surface area contributed by atoms with Crippen LogP contribution in [0.2, 0.25) is 0 Å². The summed E-state index contributed by atoms with van der Waals surface area (Å²) in [4.78, 5) is 0. The van der Waals surface area contributed by atoms with Gasteiger partial charge in [0, 0.05) is 6.54 Å². The van der Waals surface area contributed by atoms with Crippen LogP contribution in [0, 0.1) is 5.41 Å². The molecule has 0 saturated heterocycles. The Hall–Kier alpha value is -1.18. The number of hydrogen-bond donors (Lipinski definition) is 1. The minimum Gasteiger partial charge on any atom is -0.495 e. The van der Waals surface area contributed by atoms with Crippen molar-refractivity contribution in [3.05, 3.63) is 23.8 Å². The maximum Gasteiger partial charge on any atom is 0.142 e. The molecule has 0 aliphatic carbocycles. The van der Waals surface area contributed by atoms with Crippen LogP contribution in [0.15, 0.2) is 18.2 Å². The van der Waals surface area contributed by atoms with Gasteiger partial charge in [0.05, 0.1) is 12.8 Å². The molecule has 2 rings (SSSR count). The molecule has 0 unspecified atom stereocenters. The Kier molecular flexibility index (Phi) is 2.14. The maximum absolute atomic E-state index is 5.32. The largest absolute Gasteiger partial charge is 0.495 e. The molecule has 1 aromatic carbocycles. The summed E-state index contributed by atoms with van der Waals surface area (Å²) in [5.41, 5.74) is 2.88. The highest BCUT2D eigenvalue weighted by Gasteiger charge is 2.26. The molecule has 0 spiro atoms. The lowest BCUT2D eigenvalue weighted by Gasteiger charge is -2.33. The van der Waals surface area contributed by atoms with E-state index in [-0.39, 0.29) is 0 Å². The number of methoxy groups -OCH3 is 1. The first-order valence-corrected chi connectivity index (χ1v) is 5.02. The monoisotopic (exact) mass is 191 g/mol. The molecular formula is C12H17NO. The van der Waals surface area contributed by atoms with E-state index in [2.05, 4.69) is 31.3 Å². The quantitative estimate of drug-likeness (QED) is 0.737. The third-order valence-corrected chi connectivity index (χ3v) is 2.75. The number of anilines is 1. The van der Waals surface area contributed by atoms with Gasteiger partial charge in [0.25, 0.3) is 0 Å². The van der Waals surface area contributed by atoms with Crippen LogP contribution >= 0.6 is 0 Å². The van der Waals surface area contributed by atoms with Crippen LogP contribution in [0.1, 0.15) is 19.4 Å². The molecule has 1 aromatic rings. The van der Waals surface area contributed by atoms with Gasteiger partial charge in [-0.1, -0.05) is 26.0 Å². The van der Waals surface area contributed by atoms with E-state index < -0.39 is 0 Å². The molecular weight excluding hydrogens is 174 g/mol. The fraction of sp³-hybridized carbons (Fsp3) is 0.500. The van der Waals surface area contributed by atoms with Crippen LogP contribution in [0.5, 0.6) is 5.75 Å². The van der Waals surface area contributed by atoms with E-state index in [1.54, 1.807) is 7.11 Å². The first-order chi connectivity index (χ1) is 6.62. The maximum atomic E-state index is 5.32. The zero-order valence-corrected chi connectivity index (χ0v) is 9.05. The minimum absolute atomic E-state index is 0.347. The fourth-order valence-electron chi connectivity index (χ4n) is 2.00. The van der Waals surface area contributed by atoms with Crippen molar-refractivity contribution in [2.75, 3.05) is 19.0 Å². The summed E-state index contributed by atoms with van der Waals surface area (Å²) in [7, 11) is 1.72. The molecule has 1 N–H and O–H groups in total. The van der Waals surface area contributed by atoms with Gasteiger partial charge in [-0.25, -0.2) is 0 Å². The van der Waals surface area contributed by atoms with Gasteiger partial charge in [-0.3, -0.25) is 0 Å². The predicted molar refractivity (Wildman–Crippen MR) is 59.0 cm³/mol. The lowest BCUT2D eigenvalue weighted by molar-refractivity contribution is 0.371. The number of hydrogen-bond acceptors (Lipinski definition) is 2. The number of para-hydroxylation sites is 1. The summed E-state index contributed by atoms with van der Waals surface area (Å²) in [5.74, 6) is 0.956. The summed E-state index contributed by atoms with van der Waals surface area (Å²) >= 11 is 0. The first kappa shape index (κ1) is 9.38. The van der Waals surface area contributed by atoms with Crippen molar-refractivity contribution < 1.29 is 4.74 Å². The molecule has 1 aliphatic heterocycles. The molecule has 0 bridgehead atoms. The van der Waals surface area contributed by atoms with Gasteiger partial charge >= 0.3 is 0 Å². The minimum atomic E-state index is 0.347. The summed E-state index contributed by atoms with van der Waals surface area (Å²) < 4.78 is 5.32. The van der Waals surface area contributed by atoms with Gasteiger partial charge < -0.3 is 10.1 Å². The smallest absolute Gasteiger partial charge is 0.142 e. The Bertz CT molecular complexity index is 344. The van der Waals surface area contributed by atoms with Crippen LogP contribution < -0.4 is 10.1 Å². The van der Waals surface area contributed by atoms with E-state index in [0.29, 0.717) is 5.41 Å². The van der Waals surface area contributed by atoms with Crippen LogP contribution in [0.25, 0.3) is 0 Å². The second-order valence-electron chi connectivity index (χ2n) is 4.69. The number of fused-ring (bicyclic) bond motifs is 1. The van der Waals surface area contributed by atoms with Crippen LogP contribution in [0.4, 0.5) is 5.69 Å². The van der Waals surface area contributed by atoms with Crippen molar-refractivity contribution in [2.45, 2.75) is 20.3 Å². The highest BCUT2D eigenvalue weighted by atomic mass is 16.5. The summed E-state index contributed by atoms with van der Waals surface area (Å²) in [6, 6.07) is 6.23. The number of rotatable bonds is 1. The van der Waals surface area contributed by atoms with Crippen LogP contribution in [-0.2, 0) is 6.42 Å². The molecule has 2 heteroatoms. The SMILES string of the molecule is COc1cccc2c1NCC(C)(C)C2. The van der Waals surface area contributed by atoms with Crippen LogP contribution in [-0.4, -0.2) is 13.7 Å². The summed E-state index contributed by atoms with van der Waals surface area (Å²) in [6.45, 7) is 5.57.